The largest absolute Gasteiger partial charge is 0.495 e. The van der Waals surface area contributed by atoms with Gasteiger partial charge in [0.1, 0.15) is 27.8 Å². The molecular weight excluding hydrogens is 475 g/mol. The molecule has 3 N–H and O–H groups in total. The Hall–Kier alpha value is -3.05. The molecule has 2 saturated heterocycles. The van der Waals surface area contributed by atoms with Gasteiger partial charge in [-0.05, 0) is 62.9 Å². The Morgan fingerprint density at radius 2 is 1.97 bits per heavy atom. The monoisotopic (exact) mass is 504 g/mol. The van der Waals surface area contributed by atoms with Gasteiger partial charge >= 0.3 is 0 Å². The molecule has 1 aromatic carbocycles. The van der Waals surface area contributed by atoms with E-state index in [1.165, 1.54) is 37.6 Å². The summed E-state index contributed by atoms with van der Waals surface area (Å²) in [5.41, 5.74) is -0.951. The van der Waals surface area contributed by atoms with Crippen LogP contribution in [0, 0.1) is 17.1 Å². The van der Waals surface area contributed by atoms with Gasteiger partial charge in [-0.15, -0.1) is 0 Å². The zero-order valence-electron chi connectivity index (χ0n) is 19.9. The highest BCUT2D eigenvalue weighted by Gasteiger charge is 2.57. The average molecular weight is 505 g/mol. The molecule has 4 rings (SSSR count). The molecule has 0 unspecified atom stereocenters. The van der Waals surface area contributed by atoms with Gasteiger partial charge in [0.25, 0.3) is 5.91 Å². The van der Waals surface area contributed by atoms with Crippen molar-refractivity contribution in [1.29, 1.82) is 5.41 Å². The van der Waals surface area contributed by atoms with E-state index in [1.54, 1.807) is 19.9 Å². The predicted octanol–water partition coefficient (Wildman–Crippen LogP) is 2.88. The molecule has 2 fully saturated rings. The number of aromatic nitrogens is 1. The van der Waals surface area contributed by atoms with E-state index in [9.17, 15) is 13.2 Å². The Bertz CT molecular complexity index is 1250. The van der Waals surface area contributed by atoms with Crippen LogP contribution < -0.4 is 15.4 Å². The Labute approximate surface area is 203 Å². The van der Waals surface area contributed by atoms with Gasteiger partial charge in [0, 0.05) is 24.5 Å². The van der Waals surface area contributed by atoms with Crippen LogP contribution in [-0.4, -0.2) is 56.0 Å². The highest BCUT2D eigenvalue weighted by molar-refractivity contribution is 7.93. The van der Waals surface area contributed by atoms with E-state index in [0.29, 0.717) is 31.8 Å². The van der Waals surface area contributed by atoms with Crippen molar-refractivity contribution in [2.75, 3.05) is 31.4 Å². The number of carbonyl (C=O) groups excluding carboxylic acids is 1. The first kappa shape index (κ1) is 25.1. The van der Waals surface area contributed by atoms with Gasteiger partial charge in [0.15, 0.2) is 9.84 Å². The number of sulfone groups is 1. The lowest BCUT2D eigenvalue weighted by molar-refractivity contribution is 0.0603. The summed E-state index contributed by atoms with van der Waals surface area (Å²) in [4.78, 5) is 16.7. The SMILES string of the molecule is COc1ccc(C(=O)Nc2ccc(F)c([C@]3(C)CS(=O)(=O)[C@@](C)(C4CCOCC4)C(=N)N3)c2)nc1. The summed E-state index contributed by atoms with van der Waals surface area (Å²) >= 11 is 0. The Kier molecular flexibility index (Phi) is 6.58. The van der Waals surface area contributed by atoms with Crippen LogP contribution in [0.4, 0.5) is 10.1 Å². The lowest BCUT2D eigenvalue weighted by Crippen LogP contribution is -2.68. The van der Waals surface area contributed by atoms with Crippen molar-refractivity contribution >= 4 is 27.3 Å². The zero-order valence-corrected chi connectivity index (χ0v) is 20.7. The molecule has 0 spiro atoms. The van der Waals surface area contributed by atoms with Gasteiger partial charge in [0.05, 0.1) is 24.6 Å². The number of pyridine rings is 1. The van der Waals surface area contributed by atoms with Crippen molar-refractivity contribution in [3.05, 3.63) is 53.6 Å². The second-order valence-electron chi connectivity index (χ2n) is 9.32. The fourth-order valence-corrected chi connectivity index (χ4v) is 7.22. The molecule has 2 aromatic rings. The first-order valence-corrected chi connectivity index (χ1v) is 12.9. The minimum atomic E-state index is -3.85. The molecule has 1 amide bonds. The van der Waals surface area contributed by atoms with Crippen molar-refractivity contribution < 1.29 is 27.1 Å². The number of nitrogens with one attached hydrogen (secondary N) is 3. The Balaban J connectivity index is 1.61. The number of amides is 1. The van der Waals surface area contributed by atoms with Crippen molar-refractivity contribution in [2.24, 2.45) is 5.92 Å². The van der Waals surface area contributed by atoms with E-state index >= 15 is 4.39 Å². The van der Waals surface area contributed by atoms with Crippen molar-refractivity contribution in [1.82, 2.24) is 10.3 Å². The van der Waals surface area contributed by atoms with Gasteiger partial charge in [-0.3, -0.25) is 10.2 Å². The number of rotatable bonds is 5. The molecule has 0 saturated carbocycles. The fraction of sp³-hybridized carbons (Fsp3) is 0.458. The van der Waals surface area contributed by atoms with E-state index in [4.69, 9.17) is 14.9 Å². The van der Waals surface area contributed by atoms with E-state index in [0.717, 1.165) is 0 Å². The number of carbonyl (C=O) groups is 1. The van der Waals surface area contributed by atoms with E-state index < -0.39 is 37.6 Å². The molecule has 35 heavy (non-hydrogen) atoms. The number of anilines is 1. The molecule has 11 heteroatoms. The number of hydrogen-bond acceptors (Lipinski definition) is 7. The Morgan fingerprint density at radius 1 is 1.26 bits per heavy atom. The van der Waals surface area contributed by atoms with E-state index in [2.05, 4.69) is 15.6 Å². The van der Waals surface area contributed by atoms with Gasteiger partial charge in [-0.1, -0.05) is 0 Å². The summed E-state index contributed by atoms with van der Waals surface area (Å²) in [5, 5.41) is 14.3. The van der Waals surface area contributed by atoms with Crippen LogP contribution in [0.5, 0.6) is 5.75 Å². The quantitative estimate of drug-likeness (QED) is 0.571. The molecule has 9 nitrogen and oxygen atoms in total. The normalized spacial score (nSPS) is 26.6. The molecule has 0 aliphatic carbocycles. The van der Waals surface area contributed by atoms with Crippen LogP contribution in [0.3, 0.4) is 0 Å². The maximum atomic E-state index is 15.0. The summed E-state index contributed by atoms with van der Waals surface area (Å²) < 4.78 is 51.2. The minimum Gasteiger partial charge on any atom is -0.495 e. The third-order valence-electron chi connectivity index (χ3n) is 7.05. The highest BCUT2D eigenvalue weighted by atomic mass is 32.2. The zero-order chi connectivity index (χ0) is 25.4. The summed E-state index contributed by atoms with van der Waals surface area (Å²) in [7, 11) is -2.36. The number of nitrogens with zero attached hydrogens (tertiary/aromatic N) is 1. The number of methoxy groups -OCH3 is 1. The molecular formula is C24H29FN4O5S. The first-order valence-electron chi connectivity index (χ1n) is 11.3. The smallest absolute Gasteiger partial charge is 0.274 e. The molecule has 2 aliphatic heterocycles. The first-order chi connectivity index (χ1) is 16.5. The third kappa shape index (κ3) is 4.50. The molecule has 0 bridgehead atoms. The summed E-state index contributed by atoms with van der Waals surface area (Å²) in [6.45, 7) is 4.01. The van der Waals surface area contributed by atoms with Crippen LogP contribution in [0.25, 0.3) is 0 Å². The van der Waals surface area contributed by atoms with Gasteiger partial charge in [0.2, 0.25) is 0 Å². The second kappa shape index (κ2) is 9.19. The molecule has 2 atom stereocenters. The van der Waals surface area contributed by atoms with Gasteiger partial charge in [-0.2, -0.15) is 0 Å². The van der Waals surface area contributed by atoms with Crippen LogP contribution in [0.1, 0.15) is 42.7 Å². The van der Waals surface area contributed by atoms with Crippen LogP contribution in [0.15, 0.2) is 36.5 Å². The molecule has 0 radical (unpaired) electrons. The highest BCUT2D eigenvalue weighted by Crippen LogP contribution is 2.42. The fourth-order valence-electron chi connectivity index (χ4n) is 4.83. The number of benzene rings is 1. The topological polar surface area (TPSA) is 130 Å². The van der Waals surface area contributed by atoms with Crippen LogP contribution in [-0.2, 0) is 20.1 Å². The summed E-state index contributed by atoms with van der Waals surface area (Å²) in [6, 6.07) is 7.04. The maximum absolute atomic E-state index is 15.0. The van der Waals surface area contributed by atoms with Crippen molar-refractivity contribution in [3.8, 4) is 5.75 Å². The molecule has 2 aliphatic rings. The van der Waals surface area contributed by atoms with Crippen LogP contribution >= 0.6 is 0 Å². The predicted molar refractivity (Wildman–Crippen MR) is 129 cm³/mol. The summed E-state index contributed by atoms with van der Waals surface area (Å²) in [6.07, 6.45) is 2.47. The van der Waals surface area contributed by atoms with E-state index in [-0.39, 0.29) is 28.7 Å². The van der Waals surface area contributed by atoms with Gasteiger partial charge in [-0.25, -0.2) is 17.8 Å². The average Bonchev–Trinajstić information content (AvgIpc) is 2.83. The third-order valence-corrected chi connectivity index (χ3v) is 9.83. The molecule has 3 heterocycles. The van der Waals surface area contributed by atoms with Crippen LogP contribution in [0.2, 0.25) is 0 Å². The molecule has 1 aromatic heterocycles. The van der Waals surface area contributed by atoms with E-state index in [1.807, 2.05) is 0 Å². The van der Waals surface area contributed by atoms with Crippen molar-refractivity contribution in [2.45, 2.75) is 37.0 Å². The number of ether oxygens (including phenoxy) is 2. The molecule has 188 valence electrons. The van der Waals surface area contributed by atoms with Gasteiger partial charge < -0.3 is 20.1 Å². The lowest BCUT2D eigenvalue weighted by atomic mass is 9.83. The maximum Gasteiger partial charge on any atom is 0.274 e. The second-order valence-corrected chi connectivity index (χ2v) is 11.7. The Morgan fingerprint density at radius 3 is 2.57 bits per heavy atom. The number of amidine groups is 1. The standard InChI is InChI=1S/C24H29FN4O5S/c1-23(14-35(31,32)24(2,22(26)29-23)15-8-10-34-11-9-15)18-12-16(4-6-19(18)25)28-21(30)20-7-5-17(33-3)13-27-20/h4-7,12-13,15H,8-11,14H2,1-3H3,(H2,26,29)(H,28,30)/t23-,24-/m0/s1. The lowest BCUT2D eigenvalue weighted by Gasteiger charge is -2.48. The number of hydrogen-bond donors (Lipinski definition) is 3. The van der Waals surface area contributed by atoms with Crippen molar-refractivity contribution in [3.63, 3.8) is 0 Å². The minimum absolute atomic E-state index is 0.0420. The summed E-state index contributed by atoms with van der Waals surface area (Å²) in [5.74, 6) is -1.48. The number of halogens is 1.